The lowest BCUT2D eigenvalue weighted by Gasteiger charge is -2.23. The second-order valence-electron chi connectivity index (χ2n) is 8.82. The molecule has 4 aromatic rings. The van der Waals surface area contributed by atoms with Crippen molar-refractivity contribution >= 4 is 5.57 Å². The molecule has 172 valence electrons. The zero-order valence-electron chi connectivity index (χ0n) is 19.5. The van der Waals surface area contributed by atoms with E-state index < -0.39 is 0 Å². The SMILES string of the molecule is C/C=C(/Cc1ccc(-n2cccn2)nc1)c1ccccc1-c1cc(=O)n(C2CCCCC2)cn1. The van der Waals surface area contributed by atoms with Gasteiger partial charge in [0.25, 0.3) is 5.56 Å². The van der Waals surface area contributed by atoms with E-state index in [0.29, 0.717) is 0 Å². The molecule has 5 rings (SSSR count). The van der Waals surface area contributed by atoms with Crippen LogP contribution in [-0.2, 0) is 6.42 Å². The van der Waals surface area contributed by atoms with Crippen molar-refractivity contribution in [1.82, 2.24) is 24.3 Å². The Hall–Kier alpha value is -3.80. The van der Waals surface area contributed by atoms with E-state index in [9.17, 15) is 4.79 Å². The number of hydrogen-bond donors (Lipinski definition) is 0. The van der Waals surface area contributed by atoms with E-state index in [-0.39, 0.29) is 11.6 Å². The topological polar surface area (TPSA) is 65.6 Å². The molecule has 6 heteroatoms. The molecule has 0 aliphatic heterocycles. The van der Waals surface area contributed by atoms with Crippen LogP contribution in [-0.4, -0.2) is 24.3 Å². The van der Waals surface area contributed by atoms with E-state index in [1.165, 1.54) is 24.8 Å². The van der Waals surface area contributed by atoms with Crippen molar-refractivity contribution in [1.29, 1.82) is 0 Å². The zero-order chi connectivity index (χ0) is 23.3. The van der Waals surface area contributed by atoms with Crippen LogP contribution in [0, 0.1) is 0 Å². The van der Waals surface area contributed by atoms with Crippen molar-refractivity contribution < 1.29 is 0 Å². The molecule has 0 radical (unpaired) electrons. The van der Waals surface area contributed by atoms with E-state index in [4.69, 9.17) is 4.98 Å². The van der Waals surface area contributed by atoms with E-state index in [0.717, 1.165) is 47.5 Å². The van der Waals surface area contributed by atoms with Crippen molar-refractivity contribution in [3.63, 3.8) is 0 Å². The Morgan fingerprint density at radius 1 is 1.06 bits per heavy atom. The third-order valence-corrected chi connectivity index (χ3v) is 6.64. The molecule has 3 aromatic heterocycles. The van der Waals surface area contributed by atoms with Crippen LogP contribution >= 0.6 is 0 Å². The molecule has 0 bridgehead atoms. The predicted octanol–water partition coefficient (Wildman–Crippen LogP) is 5.64. The highest BCUT2D eigenvalue weighted by molar-refractivity contribution is 5.80. The van der Waals surface area contributed by atoms with Crippen LogP contribution < -0.4 is 5.56 Å². The Labute approximate surface area is 199 Å². The molecule has 1 saturated carbocycles. The van der Waals surface area contributed by atoms with Crippen molar-refractivity contribution in [3.05, 3.63) is 101 Å². The first-order chi connectivity index (χ1) is 16.7. The summed E-state index contributed by atoms with van der Waals surface area (Å²) in [6.07, 6.45) is 15.9. The molecular weight excluding hydrogens is 422 g/mol. The number of benzene rings is 1. The summed E-state index contributed by atoms with van der Waals surface area (Å²) >= 11 is 0. The van der Waals surface area contributed by atoms with Gasteiger partial charge in [-0.25, -0.2) is 14.6 Å². The van der Waals surface area contributed by atoms with E-state index >= 15 is 0 Å². The van der Waals surface area contributed by atoms with Gasteiger partial charge in [-0.2, -0.15) is 5.10 Å². The quantitative estimate of drug-likeness (QED) is 0.380. The third-order valence-electron chi connectivity index (χ3n) is 6.64. The Morgan fingerprint density at radius 3 is 2.62 bits per heavy atom. The van der Waals surface area contributed by atoms with Crippen LogP contribution in [0.2, 0.25) is 0 Å². The van der Waals surface area contributed by atoms with Gasteiger partial charge >= 0.3 is 0 Å². The van der Waals surface area contributed by atoms with Crippen LogP contribution in [0.3, 0.4) is 0 Å². The largest absolute Gasteiger partial charge is 0.296 e. The number of allylic oxidation sites excluding steroid dienone is 2. The van der Waals surface area contributed by atoms with Crippen LogP contribution in [0.5, 0.6) is 0 Å². The van der Waals surface area contributed by atoms with Gasteiger partial charge in [-0.15, -0.1) is 0 Å². The van der Waals surface area contributed by atoms with Crippen LogP contribution in [0.25, 0.3) is 22.6 Å². The van der Waals surface area contributed by atoms with Gasteiger partial charge in [-0.3, -0.25) is 9.36 Å². The minimum absolute atomic E-state index is 0.0344. The molecule has 1 aliphatic rings. The van der Waals surface area contributed by atoms with E-state index in [1.54, 1.807) is 23.3 Å². The number of aromatic nitrogens is 5. The summed E-state index contributed by atoms with van der Waals surface area (Å²) in [5.41, 5.74) is 5.10. The number of pyridine rings is 1. The lowest BCUT2D eigenvalue weighted by Crippen LogP contribution is -2.26. The third kappa shape index (κ3) is 4.62. The molecule has 34 heavy (non-hydrogen) atoms. The molecule has 0 saturated heterocycles. The first-order valence-corrected chi connectivity index (χ1v) is 12.0. The molecule has 0 unspecified atom stereocenters. The molecule has 0 atom stereocenters. The molecule has 3 heterocycles. The van der Waals surface area contributed by atoms with Crippen molar-refractivity contribution in [3.8, 4) is 17.1 Å². The maximum Gasteiger partial charge on any atom is 0.254 e. The number of rotatable bonds is 6. The highest BCUT2D eigenvalue weighted by Gasteiger charge is 2.18. The standard InChI is InChI=1S/C28H29N5O/c1-2-22(17-21-13-14-27(29-19-21)33-16-8-15-31-33)24-11-6-7-12-25(24)26-18-28(34)32(20-30-26)23-9-4-3-5-10-23/h2,6-8,11-16,18-20,23H,3-5,9-10,17H2,1H3/b22-2-. The van der Waals surface area contributed by atoms with Gasteiger partial charge in [0, 0.05) is 36.3 Å². The molecule has 1 aromatic carbocycles. The maximum atomic E-state index is 13.0. The van der Waals surface area contributed by atoms with Gasteiger partial charge in [0.15, 0.2) is 5.82 Å². The Kier molecular flexibility index (Phi) is 6.47. The van der Waals surface area contributed by atoms with Crippen molar-refractivity contribution in [2.75, 3.05) is 0 Å². The van der Waals surface area contributed by atoms with Gasteiger partial charge in [0.1, 0.15) is 0 Å². The molecule has 0 amide bonds. The summed E-state index contributed by atoms with van der Waals surface area (Å²) in [5, 5.41) is 4.24. The Bertz CT molecular complexity index is 1330. The summed E-state index contributed by atoms with van der Waals surface area (Å²) in [4.78, 5) is 22.3. The predicted molar refractivity (Wildman–Crippen MR) is 135 cm³/mol. The summed E-state index contributed by atoms with van der Waals surface area (Å²) in [6, 6.07) is 16.1. The van der Waals surface area contributed by atoms with Gasteiger partial charge in [0.2, 0.25) is 0 Å². The van der Waals surface area contributed by atoms with Gasteiger partial charge in [0.05, 0.1) is 12.0 Å². The lowest BCUT2D eigenvalue weighted by molar-refractivity contribution is 0.343. The Morgan fingerprint density at radius 2 is 1.91 bits per heavy atom. The zero-order valence-corrected chi connectivity index (χ0v) is 19.5. The highest BCUT2D eigenvalue weighted by Crippen LogP contribution is 2.30. The minimum atomic E-state index is 0.0344. The van der Waals surface area contributed by atoms with Crippen molar-refractivity contribution in [2.45, 2.75) is 51.5 Å². The molecule has 6 nitrogen and oxygen atoms in total. The molecule has 0 spiro atoms. The fourth-order valence-corrected chi connectivity index (χ4v) is 4.81. The van der Waals surface area contributed by atoms with E-state index in [1.807, 2.05) is 54.2 Å². The average Bonchev–Trinajstić information content (AvgIpc) is 3.43. The second-order valence-corrected chi connectivity index (χ2v) is 8.82. The summed E-state index contributed by atoms with van der Waals surface area (Å²) in [6.45, 7) is 2.05. The van der Waals surface area contributed by atoms with Gasteiger partial charge in [-0.1, -0.05) is 55.7 Å². The first-order valence-electron chi connectivity index (χ1n) is 12.0. The van der Waals surface area contributed by atoms with Crippen LogP contribution in [0.1, 0.15) is 56.2 Å². The normalized spacial score (nSPS) is 14.9. The monoisotopic (exact) mass is 451 g/mol. The second kappa shape index (κ2) is 10.00. The van der Waals surface area contributed by atoms with Crippen LogP contribution in [0.15, 0.2) is 84.3 Å². The highest BCUT2D eigenvalue weighted by atomic mass is 16.1. The molecule has 0 N–H and O–H groups in total. The Balaban J connectivity index is 1.41. The maximum absolute atomic E-state index is 13.0. The smallest absolute Gasteiger partial charge is 0.254 e. The summed E-state index contributed by atoms with van der Waals surface area (Å²) in [7, 11) is 0. The number of nitrogens with zero attached hydrogens (tertiary/aromatic N) is 5. The average molecular weight is 452 g/mol. The molecular formula is C28H29N5O. The van der Waals surface area contributed by atoms with Crippen LogP contribution in [0.4, 0.5) is 0 Å². The number of hydrogen-bond acceptors (Lipinski definition) is 4. The summed E-state index contributed by atoms with van der Waals surface area (Å²) in [5.74, 6) is 0.791. The lowest BCUT2D eigenvalue weighted by atomic mass is 9.93. The van der Waals surface area contributed by atoms with Gasteiger partial charge < -0.3 is 0 Å². The fraction of sp³-hybridized carbons (Fsp3) is 0.286. The molecule has 1 aliphatic carbocycles. The first kappa shape index (κ1) is 22.0. The van der Waals surface area contributed by atoms with E-state index in [2.05, 4.69) is 28.3 Å². The summed E-state index contributed by atoms with van der Waals surface area (Å²) < 4.78 is 3.57. The fourth-order valence-electron chi connectivity index (χ4n) is 4.81. The van der Waals surface area contributed by atoms with Gasteiger partial charge in [-0.05, 0) is 55.0 Å². The minimum Gasteiger partial charge on any atom is -0.296 e. The van der Waals surface area contributed by atoms with Crippen molar-refractivity contribution in [2.24, 2.45) is 0 Å². The molecule has 1 fully saturated rings.